The largest absolute Gasteiger partial charge is 0.480 e. The first kappa shape index (κ1) is 11.6. The van der Waals surface area contributed by atoms with Gasteiger partial charge in [0.05, 0.1) is 0 Å². The molecular weight excluding hydrogens is 242 g/mol. The van der Waals surface area contributed by atoms with Crippen LogP contribution in [0.25, 0.3) is 11.5 Å². The van der Waals surface area contributed by atoms with Gasteiger partial charge in [0.1, 0.15) is 5.25 Å². The van der Waals surface area contributed by atoms with Crippen LogP contribution in [0.5, 0.6) is 0 Å². The number of carbonyl (C=O) groups is 1. The van der Waals surface area contributed by atoms with Crippen LogP contribution in [0.15, 0.2) is 34.2 Å². The van der Waals surface area contributed by atoms with Crippen molar-refractivity contribution in [3.8, 4) is 11.5 Å². The molecule has 0 saturated carbocycles. The van der Waals surface area contributed by atoms with Crippen LogP contribution in [0.2, 0.25) is 0 Å². The van der Waals surface area contributed by atoms with Crippen LogP contribution in [0.1, 0.15) is 6.92 Å². The van der Waals surface area contributed by atoms with Crippen molar-refractivity contribution in [2.45, 2.75) is 17.4 Å². The van der Waals surface area contributed by atoms with E-state index in [9.17, 15) is 4.79 Å². The summed E-state index contributed by atoms with van der Waals surface area (Å²) in [5, 5.41) is 16.0. The molecule has 1 N–H and O–H groups in total. The van der Waals surface area contributed by atoms with Crippen LogP contribution < -0.4 is 0 Å². The van der Waals surface area contributed by atoms with Gasteiger partial charge in [0.2, 0.25) is 5.89 Å². The van der Waals surface area contributed by atoms with Gasteiger partial charge < -0.3 is 9.52 Å². The minimum atomic E-state index is -0.918. The molecule has 2 rings (SSSR count). The monoisotopic (exact) mass is 251 g/mol. The first-order valence-electron chi connectivity index (χ1n) is 4.80. The Kier molecular flexibility index (Phi) is 3.38. The highest BCUT2D eigenvalue weighted by atomic mass is 32.2. The molecule has 7 heteroatoms. The molecule has 2 aromatic rings. The Hall–Kier alpha value is -1.89. The van der Waals surface area contributed by atoms with E-state index in [1.54, 1.807) is 31.5 Å². The van der Waals surface area contributed by atoms with Crippen molar-refractivity contribution in [1.82, 2.24) is 15.2 Å². The lowest BCUT2D eigenvalue weighted by atomic mass is 10.3. The van der Waals surface area contributed by atoms with Crippen LogP contribution in [0.3, 0.4) is 0 Å². The highest BCUT2D eigenvalue weighted by Gasteiger charge is 2.17. The third kappa shape index (κ3) is 2.82. The number of rotatable bonds is 4. The maximum Gasteiger partial charge on any atom is 0.316 e. The van der Waals surface area contributed by atoms with E-state index in [0.29, 0.717) is 5.89 Å². The molecule has 0 radical (unpaired) electrons. The number of pyridine rings is 1. The molecule has 0 spiro atoms. The number of aromatic nitrogens is 3. The molecule has 2 heterocycles. The van der Waals surface area contributed by atoms with Gasteiger partial charge >= 0.3 is 5.97 Å². The molecule has 0 unspecified atom stereocenters. The Balaban J connectivity index is 2.14. The Labute approximate surface area is 101 Å². The van der Waals surface area contributed by atoms with E-state index in [2.05, 4.69) is 15.2 Å². The van der Waals surface area contributed by atoms with Crippen molar-refractivity contribution in [3.05, 3.63) is 24.5 Å². The summed E-state index contributed by atoms with van der Waals surface area (Å²) in [6.07, 6.45) is 3.23. The first-order valence-corrected chi connectivity index (χ1v) is 5.68. The van der Waals surface area contributed by atoms with Gasteiger partial charge in [-0.15, -0.1) is 10.2 Å². The molecular formula is C10H9N3O3S. The molecule has 1 atom stereocenters. The second-order valence-corrected chi connectivity index (χ2v) is 4.50. The highest BCUT2D eigenvalue weighted by molar-refractivity contribution is 8.00. The lowest BCUT2D eigenvalue weighted by Gasteiger charge is -1.99. The number of aliphatic carboxylic acids is 1. The first-order chi connectivity index (χ1) is 8.16. The molecule has 0 amide bonds. The summed E-state index contributed by atoms with van der Waals surface area (Å²) in [5.74, 6) is -0.564. The van der Waals surface area contributed by atoms with Crippen molar-refractivity contribution < 1.29 is 14.3 Å². The third-order valence-corrected chi connectivity index (χ3v) is 2.88. The van der Waals surface area contributed by atoms with Gasteiger partial charge in [0, 0.05) is 18.0 Å². The number of thioether (sulfide) groups is 1. The van der Waals surface area contributed by atoms with Crippen LogP contribution in [0, 0.1) is 0 Å². The molecule has 0 saturated heterocycles. The molecule has 0 aliphatic carbocycles. The van der Waals surface area contributed by atoms with Crippen molar-refractivity contribution >= 4 is 17.7 Å². The second-order valence-electron chi connectivity index (χ2n) is 3.21. The maximum atomic E-state index is 10.7. The summed E-state index contributed by atoms with van der Waals surface area (Å²) >= 11 is 1.01. The molecule has 2 aromatic heterocycles. The molecule has 0 bridgehead atoms. The smallest absolute Gasteiger partial charge is 0.316 e. The van der Waals surface area contributed by atoms with Crippen molar-refractivity contribution in [2.75, 3.05) is 0 Å². The normalized spacial score (nSPS) is 12.3. The zero-order valence-electron chi connectivity index (χ0n) is 8.90. The Morgan fingerprint density at radius 3 is 2.76 bits per heavy atom. The van der Waals surface area contributed by atoms with E-state index in [0.717, 1.165) is 17.3 Å². The SMILES string of the molecule is C[C@H](Sc1nnc(-c2ccncc2)o1)C(=O)O. The fourth-order valence-corrected chi connectivity index (χ4v) is 1.69. The van der Waals surface area contributed by atoms with Gasteiger partial charge in [-0.05, 0) is 19.1 Å². The number of carboxylic acids is 1. The molecule has 17 heavy (non-hydrogen) atoms. The minimum Gasteiger partial charge on any atom is -0.480 e. The quantitative estimate of drug-likeness (QED) is 0.827. The van der Waals surface area contributed by atoms with Gasteiger partial charge in [-0.3, -0.25) is 9.78 Å². The molecule has 6 nitrogen and oxygen atoms in total. The lowest BCUT2D eigenvalue weighted by molar-refractivity contribution is -0.136. The topological polar surface area (TPSA) is 89.1 Å². The van der Waals surface area contributed by atoms with Crippen molar-refractivity contribution in [3.63, 3.8) is 0 Å². The predicted molar refractivity (Wildman–Crippen MR) is 60.5 cm³/mol. The highest BCUT2D eigenvalue weighted by Crippen LogP contribution is 2.25. The summed E-state index contributed by atoms with van der Waals surface area (Å²) in [6.45, 7) is 1.56. The molecule has 0 fully saturated rings. The number of hydrogen-bond acceptors (Lipinski definition) is 6. The Morgan fingerprint density at radius 2 is 2.12 bits per heavy atom. The standard InChI is InChI=1S/C10H9N3O3S/c1-6(9(14)15)17-10-13-12-8(16-10)7-2-4-11-5-3-7/h2-6H,1H3,(H,14,15)/t6-/m0/s1. The van der Waals surface area contributed by atoms with E-state index in [1.165, 1.54) is 0 Å². The lowest BCUT2D eigenvalue weighted by Crippen LogP contribution is -2.10. The van der Waals surface area contributed by atoms with Crippen molar-refractivity contribution in [1.29, 1.82) is 0 Å². The Morgan fingerprint density at radius 1 is 1.41 bits per heavy atom. The number of hydrogen-bond donors (Lipinski definition) is 1. The number of carboxylic acid groups (broad SMARTS) is 1. The van der Waals surface area contributed by atoms with E-state index >= 15 is 0 Å². The second kappa shape index (κ2) is 4.96. The molecule has 0 aromatic carbocycles. The van der Waals surface area contributed by atoms with Crippen LogP contribution in [-0.2, 0) is 4.79 Å². The summed E-state index contributed by atoms with van der Waals surface area (Å²) in [4.78, 5) is 14.5. The van der Waals surface area contributed by atoms with Gasteiger partial charge in [-0.25, -0.2) is 0 Å². The Bertz CT molecular complexity index is 515. The third-order valence-electron chi connectivity index (χ3n) is 1.96. The van der Waals surface area contributed by atoms with E-state index in [-0.39, 0.29) is 5.22 Å². The van der Waals surface area contributed by atoms with E-state index in [4.69, 9.17) is 9.52 Å². The fraction of sp³-hybridized carbons (Fsp3) is 0.200. The van der Waals surface area contributed by atoms with Gasteiger partial charge in [-0.2, -0.15) is 0 Å². The number of nitrogens with zero attached hydrogens (tertiary/aromatic N) is 3. The average Bonchev–Trinajstić information content (AvgIpc) is 2.78. The summed E-state index contributed by atoms with van der Waals surface area (Å²) in [6, 6.07) is 3.48. The summed E-state index contributed by atoms with van der Waals surface area (Å²) in [5.41, 5.74) is 0.752. The van der Waals surface area contributed by atoms with E-state index < -0.39 is 11.2 Å². The van der Waals surface area contributed by atoms with Gasteiger partial charge in [0.25, 0.3) is 5.22 Å². The minimum absolute atomic E-state index is 0.242. The average molecular weight is 251 g/mol. The molecule has 0 aliphatic heterocycles. The van der Waals surface area contributed by atoms with Gasteiger partial charge in [0.15, 0.2) is 0 Å². The van der Waals surface area contributed by atoms with Gasteiger partial charge in [-0.1, -0.05) is 11.8 Å². The zero-order valence-corrected chi connectivity index (χ0v) is 9.72. The zero-order chi connectivity index (χ0) is 12.3. The summed E-state index contributed by atoms with van der Waals surface area (Å²) in [7, 11) is 0. The molecule has 88 valence electrons. The fourth-order valence-electron chi connectivity index (χ4n) is 1.07. The van der Waals surface area contributed by atoms with Crippen LogP contribution in [0.4, 0.5) is 0 Å². The predicted octanol–water partition coefficient (Wildman–Crippen LogP) is 1.70. The van der Waals surface area contributed by atoms with Crippen LogP contribution in [-0.4, -0.2) is 31.5 Å². The van der Waals surface area contributed by atoms with Crippen molar-refractivity contribution in [2.24, 2.45) is 0 Å². The summed E-state index contributed by atoms with van der Waals surface area (Å²) < 4.78 is 5.34. The van der Waals surface area contributed by atoms with Crippen LogP contribution >= 0.6 is 11.8 Å². The maximum absolute atomic E-state index is 10.7. The van der Waals surface area contributed by atoms with E-state index in [1.807, 2.05) is 0 Å². The molecule has 0 aliphatic rings.